The minimum absolute atomic E-state index is 0.271. The molecule has 6 nitrogen and oxygen atoms in total. The molecule has 0 aromatic carbocycles. The molecule has 0 unspecified atom stereocenters. The highest BCUT2D eigenvalue weighted by atomic mass is 16.5. The van der Waals surface area contributed by atoms with E-state index in [2.05, 4.69) is 22.2 Å². The third-order valence-electron chi connectivity index (χ3n) is 2.01. The molecule has 0 saturated carbocycles. The van der Waals surface area contributed by atoms with Crippen molar-refractivity contribution >= 4 is 11.8 Å². The first-order valence-corrected chi connectivity index (χ1v) is 5.56. The van der Waals surface area contributed by atoms with Crippen LogP contribution in [0, 0.1) is 0 Å². The van der Waals surface area contributed by atoms with Gasteiger partial charge in [0.25, 0.3) is 0 Å². The number of rotatable bonds is 8. The average molecular weight is 239 g/mol. The molecule has 0 fully saturated rings. The molecule has 0 aliphatic heterocycles. The second-order valence-electron chi connectivity index (χ2n) is 3.52. The van der Waals surface area contributed by atoms with Crippen molar-refractivity contribution in [3.05, 3.63) is 18.1 Å². The van der Waals surface area contributed by atoms with E-state index in [1.54, 1.807) is 0 Å². The minimum Gasteiger partial charge on any atom is -0.480 e. The van der Waals surface area contributed by atoms with Gasteiger partial charge < -0.3 is 15.2 Å². The van der Waals surface area contributed by atoms with Crippen LogP contribution in [0.1, 0.15) is 19.0 Å². The molecule has 6 heteroatoms. The molecule has 0 atom stereocenters. The van der Waals surface area contributed by atoms with Crippen LogP contribution in [0.5, 0.6) is 0 Å². The maximum atomic E-state index is 10.2. The first kappa shape index (κ1) is 13.4. The number of aliphatic carboxylic acids is 1. The fraction of sp³-hybridized carbons (Fsp3) is 0.545. The van der Waals surface area contributed by atoms with Gasteiger partial charge in [-0.3, -0.25) is 0 Å². The molecule has 0 amide bonds. The summed E-state index contributed by atoms with van der Waals surface area (Å²) in [7, 11) is 0. The smallest absolute Gasteiger partial charge is 0.329 e. The van der Waals surface area contributed by atoms with Gasteiger partial charge in [-0.1, -0.05) is 13.3 Å². The summed E-state index contributed by atoms with van der Waals surface area (Å²) in [4.78, 5) is 18.4. The van der Waals surface area contributed by atoms with Crippen LogP contribution in [0.2, 0.25) is 0 Å². The lowest BCUT2D eigenvalue weighted by Crippen LogP contribution is -2.14. The van der Waals surface area contributed by atoms with Gasteiger partial charge in [-0.05, 0) is 6.42 Å². The number of nitrogens with zero attached hydrogens (tertiary/aromatic N) is 2. The molecule has 2 N–H and O–H groups in total. The second kappa shape index (κ2) is 7.56. The molecule has 94 valence electrons. The number of hydrogen-bond donors (Lipinski definition) is 2. The van der Waals surface area contributed by atoms with Gasteiger partial charge in [0.1, 0.15) is 18.8 Å². The number of hydrogen-bond acceptors (Lipinski definition) is 5. The van der Waals surface area contributed by atoms with Gasteiger partial charge in [0.2, 0.25) is 0 Å². The lowest BCUT2D eigenvalue weighted by atomic mass is 10.2. The van der Waals surface area contributed by atoms with Crippen LogP contribution in [0.25, 0.3) is 0 Å². The lowest BCUT2D eigenvalue weighted by Gasteiger charge is -2.06. The summed E-state index contributed by atoms with van der Waals surface area (Å²) < 4.78 is 4.89. The zero-order chi connectivity index (χ0) is 12.5. The number of aromatic nitrogens is 2. The molecule has 1 aromatic rings. The van der Waals surface area contributed by atoms with Crippen molar-refractivity contribution in [2.45, 2.75) is 19.8 Å². The minimum atomic E-state index is -0.961. The Bertz CT molecular complexity index is 358. The van der Waals surface area contributed by atoms with E-state index in [4.69, 9.17) is 9.84 Å². The Labute approximate surface area is 100 Å². The first-order valence-electron chi connectivity index (χ1n) is 5.56. The maximum Gasteiger partial charge on any atom is 0.329 e. The van der Waals surface area contributed by atoms with Gasteiger partial charge in [-0.15, -0.1) is 0 Å². The van der Waals surface area contributed by atoms with E-state index in [-0.39, 0.29) is 6.61 Å². The van der Waals surface area contributed by atoms with Gasteiger partial charge in [0.05, 0.1) is 6.61 Å². The van der Waals surface area contributed by atoms with Crippen LogP contribution in [0.3, 0.4) is 0 Å². The molecule has 0 aliphatic carbocycles. The number of carbonyl (C=O) groups is 1. The van der Waals surface area contributed by atoms with Crippen LogP contribution in [-0.2, 0) is 16.0 Å². The maximum absolute atomic E-state index is 10.2. The highest BCUT2D eigenvalue weighted by Crippen LogP contribution is 2.05. The summed E-state index contributed by atoms with van der Waals surface area (Å²) in [6.45, 7) is 2.68. The molecule has 0 aliphatic rings. The van der Waals surface area contributed by atoms with E-state index >= 15 is 0 Å². The van der Waals surface area contributed by atoms with Crippen molar-refractivity contribution in [2.24, 2.45) is 0 Å². The fourth-order valence-electron chi connectivity index (χ4n) is 1.30. The fourth-order valence-corrected chi connectivity index (χ4v) is 1.30. The van der Waals surface area contributed by atoms with Gasteiger partial charge in [-0.2, -0.15) is 0 Å². The standard InChI is InChI=1S/C11H17N3O3/c1-2-3-9-6-10(14-8-13-9)12-4-5-17-7-11(15)16/h6,8H,2-5,7H2,1H3,(H,15,16)(H,12,13,14). The van der Waals surface area contributed by atoms with Crippen molar-refractivity contribution in [3.63, 3.8) is 0 Å². The summed E-state index contributed by atoms with van der Waals surface area (Å²) in [5, 5.41) is 11.4. The zero-order valence-electron chi connectivity index (χ0n) is 9.85. The zero-order valence-corrected chi connectivity index (χ0v) is 9.85. The Kier molecular flexibility index (Phi) is 5.95. The van der Waals surface area contributed by atoms with Crippen LogP contribution >= 0.6 is 0 Å². The number of nitrogens with one attached hydrogen (secondary N) is 1. The number of ether oxygens (including phenoxy) is 1. The van der Waals surface area contributed by atoms with E-state index in [1.165, 1.54) is 6.33 Å². The van der Waals surface area contributed by atoms with Crippen LogP contribution < -0.4 is 5.32 Å². The monoisotopic (exact) mass is 239 g/mol. The Hall–Kier alpha value is -1.69. The Morgan fingerprint density at radius 3 is 3.06 bits per heavy atom. The normalized spacial score (nSPS) is 10.2. The summed E-state index contributed by atoms with van der Waals surface area (Å²) in [6, 6.07) is 1.89. The third kappa shape index (κ3) is 5.82. The average Bonchev–Trinajstić information content (AvgIpc) is 2.29. The first-order chi connectivity index (χ1) is 8.22. The summed E-state index contributed by atoms with van der Waals surface area (Å²) in [5.74, 6) is -0.223. The molecule has 0 bridgehead atoms. The molecular formula is C11H17N3O3. The topological polar surface area (TPSA) is 84.3 Å². The second-order valence-corrected chi connectivity index (χ2v) is 3.52. The quantitative estimate of drug-likeness (QED) is 0.657. The van der Waals surface area contributed by atoms with Crippen molar-refractivity contribution in [2.75, 3.05) is 25.1 Å². The van der Waals surface area contributed by atoms with E-state index in [9.17, 15) is 4.79 Å². The van der Waals surface area contributed by atoms with Gasteiger partial charge in [0, 0.05) is 18.3 Å². The largest absolute Gasteiger partial charge is 0.480 e. The van der Waals surface area contributed by atoms with Crippen molar-refractivity contribution in [3.8, 4) is 0 Å². The summed E-state index contributed by atoms with van der Waals surface area (Å²) in [6.07, 6.45) is 3.48. The van der Waals surface area contributed by atoms with E-state index in [0.29, 0.717) is 13.2 Å². The number of carboxylic acid groups (broad SMARTS) is 1. The molecule has 17 heavy (non-hydrogen) atoms. The van der Waals surface area contributed by atoms with Gasteiger partial charge in [-0.25, -0.2) is 14.8 Å². The number of anilines is 1. The van der Waals surface area contributed by atoms with Gasteiger partial charge in [0.15, 0.2) is 0 Å². The van der Waals surface area contributed by atoms with Crippen molar-refractivity contribution in [1.29, 1.82) is 0 Å². The van der Waals surface area contributed by atoms with Crippen LogP contribution in [-0.4, -0.2) is 40.8 Å². The molecular weight excluding hydrogens is 222 g/mol. The summed E-state index contributed by atoms with van der Waals surface area (Å²) in [5.41, 5.74) is 0.997. The highest BCUT2D eigenvalue weighted by molar-refractivity contribution is 5.67. The molecule has 1 aromatic heterocycles. The molecule has 0 saturated heterocycles. The predicted molar refractivity (Wildman–Crippen MR) is 63.0 cm³/mol. The third-order valence-corrected chi connectivity index (χ3v) is 2.01. The van der Waals surface area contributed by atoms with Crippen LogP contribution in [0.4, 0.5) is 5.82 Å². The van der Waals surface area contributed by atoms with Gasteiger partial charge >= 0.3 is 5.97 Å². The molecule has 1 rings (SSSR count). The lowest BCUT2D eigenvalue weighted by molar-refractivity contribution is -0.142. The van der Waals surface area contributed by atoms with E-state index < -0.39 is 5.97 Å². The summed E-state index contributed by atoms with van der Waals surface area (Å²) >= 11 is 0. The molecule has 0 spiro atoms. The van der Waals surface area contributed by atoms with Crippen LogP contribution in [0.15, 0.2) is 12.4 Å². The predicted octanol–water partition coefficient (Wildman–Crippen LogP) is 0.942. The molecule has 0 radical (unpaired) electrons. The van der Waals surface area contributed by atoms with E-state index in [1.807, 2.05) is 6.07 Å². The van der Waals surface area contributed by atoms with E-state index in [0.717, 1.165) is 24.4 Å². The number of carboxylic acids is 1. The number of aryl methyl sites for hydroxylation is 1. The SMILES string of the molecule is CCCc1cc(NCCOCC(=O)O)ncn1. The van der Waals surface area contributed by atoms with Crippen molar-refractivity contribution < 1.29 is 14.6 Å². The Morgan fingerprint density at radius 1 is 1.53 bits per heavy atom. The Balaban J connectivity index is 2.26. The Morgan fingerprint density at radius 2 is 2.35 bits per heavy atom. The van der Waals surface area contributed by atoms with Crippen molar-refractivity contribution in [1.82, 2.24) is 9.97 Å². The molecule has 1 heterocycles. The highest BCUT2D eigenvalue weighted by Gasteiger charge is 1.98.